The summed E-state index contributed by atoms with van der Waals surface area (Å²) in [4.78, 5) is 18.6. The number of amides is 1. The first-order chi connectivity index (χ1) is 17.4. The molecule has 196 valence electrons. The van der Waals surface area contributed by atoms with Gasteiger partial charge in [0.15, 0.2) is 5.82 Å². The van der Waals surface area contributed by atoms with Crippen LogP contribution in [0.5, 0.6) is 5.75 Å². The Bertz CT molecular complexity index is 1300. The Labute approximate surface area is 221 Å². The van der Waals surface area contributed by atoms with Gasteiger partial charge in [0, 0.05) is 18.2 Å². The summed E-state index contributed by atoms with van der Waals surface area (Å²) in [5.41, 5.74) is -1.60. The van der Waals surface area contributed by atoms with Crippen LogP contribution < -0.4 is 9.64 Å². The van der Waals surface area contributed by atoms with E-state index in [1.807, 2.05) is 0 Å². The van der Waals surface area contributed by atoms with Gasteiger partial charge in [-0.3, -0.25) is 9.88 Å². The van der Waals surface area contributed by atoms with Crippen molar-refractivity contribution in [2.45, 2.75) is 50.8 Å². The van der Waals surface area contributed by atoms with Crippen molar-refractivity contribution in [3.05, 3.63) is 64.4 Å². The SMILES string of the molecule is COc1c(Br)ccc(F)c1-c1ccc(N(C[C@]2(c3ncccc3F)C[C@@H](F)C2)C(=O)OC(C)(C)C)nn1. The highest BCUT2D eigenvalue weighted by Gasteiger charge is 2.51. The van der Waals surface area contributed by atoms with Crippen LogP contribution >= 0.6 is 15.9 Å². The number of halogens is 4. The molecule has 0 aliphatic heterocycles. The van der Waals surface area contributed by atoms with Gasteiger partial charge in [0.1, 0.15) is 29.2 Å². The lowest BCUT2D eigenvalue weighted by Gasteiger charge is -2.46. The number of rotatable bonds is 6. The van der Waals surface area contributed by atoms with Gasteiger partial charge in [-0.1, -0.05) is 0 Å². The first kappa shape index (κ1) is 26.8. The van der Waals surface area contributed by atoms with Gasteiger partial charge in [0.2, 0.25) is 0 Å². The van der Waals surface area contributed by atoms with E-state index in [1.54, 1.807) is 20.8 Å². The number of methoxy groups -OCH3 is 1. The Balaban J connectivity index is 1.74. The van der Waals surface area contributed by atoms with Gasteiger partial charge in [-0.25, -0.2) is 18.0 Å². The predicted octanol–water partition coefficient (Wildman–Crippen LogP) is 6.40. The van der Waals surface area contributed by atoms with Crippen LogP contribution in [0, 0.1) is 11.6 Å². The minimum atomic E-state index is -1.16. The number of alkyl halides is 1. The van der Waals surface area contributed by atoms with Crippen molar-refractivity contribution in [2.24, 2.45) is 0 Å². The van der Waals surface area contributed by atoms with E-state index in [1.165, 1.54) is 54.6 Å². The molecule has 0 N–H and O–H groups in total. The summed E-state index contributed by atoms with van der Waals surface area (Å²) >= 11 is 3.33. The molecule has 1 aliphatic carbocycles. The lowest BCUT2D eigenvalue weighted by molar-refractivity contribution is 0.0507. The highest BCUT2D eigenvalue weighted by atomic mass is 79.9. The summed E-state index contributed by atoms with van der Waals surface area (Å²) in [6, 6.07) is 8.43. The molecule has 1 fully saturated rings. The summed E-state index contributed by atoms with van der Waals surface area (Å²) in [6.07, 6.45) is -0.544. The van der Waals surface area contributed by atoms with Crippen LogP contribution in [0.25, 0.3) is 11.3 Å². The molecule has 0 radical (unpaired) electrons. The van der Waals surface area contributed by atoms with Crippen molar-refractivity contribution >= 4 is 27.8 Å². The zero-order valence-electron chi connectivity index (χ0n) is 20.8. The highest BCUT2D eigenvalue weighted by Crippen LogP contribution is 2.47. The summed E-state index contributed by atoms with van der Waals surface area (Å²) in [5.74, 6) is -0.846. The number of carbonyl (C=O) groups excluding carboxylic acids is 1. The molecule has 0 atom stereocenters. The fourth-order valence-electron chi connectivity index (χ4n) is 4.39. The largest absolute Gasteiger partial charge is 0.495 e. The highest BCUT2D eigenvalue weighted by molar-refractivity contribution is 9.10. The number of pyridine rings is 1. The molecule has 3 aromatic rings. The van der Waals surface area contributed by atoms with Crippen LogP contribution in [0.15, 0.2) is 47.1 Å². The standard InChI is InChI=1S/C26H26BrF3N4O3/c1-25(2,3)37-24(35)34(14-26(12-15(28)13-26)23-18(30)6-5-11-31-23)20-10-9-19(32-33-20)21-17(29)8-7-16(27)22(21)36-4/h5-11,15H,12-14H2,1-4H3/t15-,26+. The van der Waals surface area contributed by atoms with Crippen LogP contribution in [-0.4, -0.2) is 46.7 Å². The quantitative estimate of drug-likeness (QED) is 0.337. The van der Waals surface area contributed by atoms with Crippen LogP contribution in [0.2, 0.25) is 0 Å². The number of benzene rings is 1. The molecule has 0 saturated heterocycles. The molecule has 4 rings (SSSR count). The maximum atomic E-state index is 14.7. The van der Waals surface area contributed by atoms with Crippen molar-refractivity contribution in [1.29, 1.82) is 0 Å². The maximum Gasteiger partial charge on any atom is 0.416 e. The van der Waals surface area contributed by atoms with Gasteiger partial charge >= 0.3 is 6.09 Å². The number of aromatic nitrogens is 3. The molecule has 2 aromatic heterocycles. The van der Waals surface area contributed by atoms with E-state index in [0.29, 0.717) is 4.47 Å². The Morgan fingerprint density at radius 1 is 1.14 bits per heavy atom. The van der Waals surface area contributed by atoms with Gasteiger partial charge in [-0.2, -0.15) is 0 Å². The molecule has 7 nitrogen and oxygen atoms in total. The van der Waals surface area contributed by atoms with E-state index in [9.17, 15) is 18.0 Å². The summed E-state index contributed by atoms with van der Waals surface area (Å²) in [7, 11) is 1.40. The Morgan fingerprint density at radius 2 is 1.86 bits per heavy atom. The Kier molecular flexibility index (Phi) is 7.45. The van der Waals surface area contributed by atoms with E-state index in [4.69, 9.17) is 9.47 Å². The van der Waals surface area contributed by atoms with Gasteiger partial charge in [-0.15, -0.1) is 10.2 Å². The number of ether oxygens (including phenoxy) is 2. The smallest absolute Gasteiger partial charge is 0.416 e. The van der Waals surface area contributed by atoms with Crippen molar-refractivity contribution < 1.29 is 27.4 Å². The van der Waals surface area contributed by atoms with Crippen molar-refractivity contribution in [2.75, 3.05) is 18.6 Å². The monoisotopic (exact) mass is 578 g/mol. The minimum Gasteiger partial charge on any atom is -0.495 e. The number of hydrogen-bond acceptors (Lipinski definition) is 6. The van der Waals surface area contributed by atoms with Crippen LogP contribution in [0.4, 0.5) is 23.8 Å². The molecule has 0 bridgehead atoms. The van der Waals surface area contributed by atoms with E-state index in [-0.39, 0.29) is 47.9 Å². The van der Waals surface area contributed by atoms with Crippen molar-refractivity contribution in [1.82, 2.24) is 15.2 Å². The average molecular weight is 579 g/mol. The first-order valence-corrected chi connectivity index (χ1v) is 12.3. The molecular formula is C26H26BrF3N4O3. The third kappa shape index (κ3) is 5.56. The Morgan fingerprint density at radius 3 is 2.43 bits per heavy atom. The van der Waals surface area contributed by atoms with Crippen LogP contribution in [-0.2, 0) is 10.2 Å². The van der Waals surface area contributed by atoms with Crippen LogP contribution in [0.1, 0.15) is 39.3 Å². The molecule has 1 aliphatic rings. The molecule has 1 aromatic carbocycles. The number of nitrogens with zero attached hydrogens (tertiary/aromatic N) is 4. The average Bonchev–Trinajstić information content (AvgIpc) is 2.81. The predicted molar refractivity (Wildman–Crippen MR) is 135 cm³/mol. The molecule has 2 heterocycles. The van der Waals surface area contributed by atoms with E-state index in [2.05, 4.69) is 31.1 Å². The first-order valence-electron chi connectivity index (χ1n) is 11.6. The third-order valence-electron chi connectivity index (χ3n) is 6.01. The lowest BCUT2D eigenvalue weighted by atomic mass is 9.64. The van der Waals surface area contributed by atoms with Gasteiger partial charge < -0.3 is 9.47 Å². The maximum absolute atomic E-state index is 14.7. The van der Waals surface area contributed by atoms with E-state index >= 15 is 0 Å². The number of carbonyl (C=O) groups is 1. The van der Waals surface area contributed by atoms with Crippen molar-refractivity contribution in [3.8, 4) is 17.0 Å². The fraction of sp³-hybridized carbons (Fsp3) is 0.385. The number of hydrogen-bond donors (Lipinski definition) is 0. The number of anilines is 1. The van der Waals surface area contributed by atoms with E-state index in [0.717, 1.165) is 0 Å². The third-order valence-corrected chi connectivity index (χ3v) is 6.63. The van der Waals surface area contributed by atoms with Crippen molar-refractivity contribution in [3.63, 3.8) is 0 Å². The molecule has 1 amide bonds. The lowest BCUT2D eigenvalue weighted by Crippen LogP contribution is -2.54. The van der Waals surface area contributed by atoms with Gasteiger partial charge in [0.25, 0.3) is 0 Å². The second-order valence-corrected chi connectivity index (χ2v) is 10.8. The molecule has 0 unspecified atom stereocenters. The van der Waals surface area contributed by atoms with Crippen LogP contribution in [0.3, 0.4) is 0 Å². The molecule has 0 spiro atoms. The van der Waals surface area contributed by atoms with Gasteiger partial charge in [-0.05, 0) is 85.9 Å². The normalized spacial score (nSPS) is 19.2. The summed E-state index contributed by atoms with van der Waals surface area (Å²) in [6.45, 7) is 4.97. The topological polar surface area (TPSA) is 77.4 Å². The molecule has 37 heavy (non-hydrogen) atoms. The second kappa shape index (κ2) is 10.3. The summed E-state index contributed by atoms with van der Waals surface area (Å²) < 4.78 is 55.0. The minimum absolute atomic E-state index is 0.0216. The van der Waals surface area contributed by atoms with Gasteiger partial charge in [0.05, 0.1) is 28.5 Å². The fourth-order valence-corrected chi connectivity index (χ4v) is 4.89. The second-order valence-electron chi connectivity index (χ2n) is 9.90. The molecular weight excluding hydrogens is 553 g/mol. The molecule has 1 saturated carbocycles. The molecule has 11 heteroatoms. The Hall–Kier alpha value is -3.21. The van der Waals surface area contributed by atoms with E-state index < -0.39 is 34.9 Å². The summed E-state index contributed by atoms with van der Waals surface area (Å²) in [5, 5.41) is 8.29. The zero-order valence-corrected chi connectivity index (χ0v) is 22.4. The zero-order chi connectivity index (χ0) is 27.0.